The lowest BCUT2D eigenvalue weighted by Gasteiger charge is -2.64. The van der Waals surface area contributed by atoms with Gasteiger partial charge in [-0.05, 0) is 75.2 Å². The number of rotatable bonds is 0. The van der Waals surface area contributed by atoms with E-state index in [1.165, 1.54) is 12.0 Å². The molecular formula is C29H40O5. The van der Waals surface area contributed by atoms with Gasteiger partial charge in [-0.1, -0.05) is 26.8 Å². The van der Waals surface area contributed by atoms with E-state index in [2.05, 4.69) is 33.8 Å². The van der Waals surface area contributed by atoms with Crippen molar-refractivity contribution in [2.45, 2.75) is 97.9 Å². The average molecular weight is 469 g/mol. The smallest absolute Gasteiger partial charge is 0.343 e. The number of fused-ring (bicyclic) bond motifs is 5. The first-order valence-corrected chi connectivity index (χ1v) is 13.3. The molecule has 3 fully saturated rings. The van der Waals surface area contributed by atoms with E-state index < -0.39 is 5.60 Å². The van der Waals surface area contributed by atoms with Crippen LogP contribution in [0, 0.1) is 42.4 Å². The molecule has 0 amide bonds. The first kappa shape index (κ1) is 22.8. The van der Waals surface area contributed by atoms with Crippen LogP contribution in [0.15, 0.2) is 20.9 Å². The SMILES string of the molecule is CC1=CC[C@@H]2[C@@]3(C)CCC4(C[C@H](C)[C@@H]3CC[C@@]2(C)[C@]12Cc1c(c(C)c(C)oc1=O)O2)OCCO4. The van der Waals surface area contributed by atoms with E-state index in [4.69, 9.17) is 18.6 Å². The highest BCUT2D eigenvalue weighted by Crippen LogP contribution is 2.69. The van der Waals surface area contributed by atoms with Gasteiger partial charge < -0.3 is 18.6 Å². The predicted octanol–water partition coefficient (Wildman–Crippen LogP) is 5.88. The summed E-state index contributed by atoms with van der Waals surface area (Å²) >= 11 is 0. The van der Waals surface area contributed by atoms with Crippen molar-refractivity contribution in [1.82, 2.24) is 0 Å². The molecule has 5 aliphatic rings. The minimum absolute atomic E-state index is 0.0580. The maximum atomic E-state index is 12.9. The Bertz CT molecular complexity index is 1110. The van der Waals surface area contributed by atoms with Gasteiger partial charge in [-0.15, -0.1) is 0 Å². The van der Waals surface area contributed by atoms with Crippen molar-refractivity contribution in [3.8, 4) is 5.75 Å². The summed E-state index contributed by atoms with van der Waals surface area (Å²) in [6.07, 6.45) is 9.48. The zero-order valence-electron chi connectivity index (χ0n) is 21.7. The number of allylic oxidation sites excluding steroid dienone is 1. The summed E-state index contributed by atoms with van der Waals surface area (Å²) in [5.74, 6) is 2.72. The molecule has 0 unspecified atom stereocenters. The molecule has 1 aromatic rings. The van der Waals surface area contributed by atoms with Gasteiger partial charge in [0.1, 0.15) is 17.1 Å². The predicted molar refractivity (Wildman–Crippen MR) is 130 cm³/mol. The van der Waals surface area contributed by atoms with Crippen molar-refractivity contribution < 1.29 is 18.6 Å². The van der Waals surface area contributed by atoms with E-state index in [9.17, 15) is 4.79 Å². The fourth-order valence-corrected chi connectivity index (χ4v) is 9.16. The number of hydrogen-bond donors (Lipinski definition) is 0. The van der Waals surface area contributed by atoms with Gasteiger partial charge in [-0.3, -0.25) is 0 Å². The Morgan fingerprint density at radius 1 is 1.03 bits per heavy atom. The molecule has 5 heteroatoms. The van der Waals surface area contributed by atoms with Crippen LogP contribution in [0.2, 0.25) is 0 Å². The van der Waals surface area contributed by atoms with E-state index in [-0.39, 0.29) is 22.2 Å². The molecule has 3 aliphatic carbocycles. The zero-order valence-corrected chi connectivity index (χ0v) is 21.7. The van der Waals surface area contributed by atoms with Crippen LogP contribution in [0.3, 0.4) is 0 Å². The molecule has 5 nitrogen and oxygen atoms in total. The molecule has 2 spiro atoms. The lowest BCUT2D eigenvalue weighted by molar-refractivity contribution is -0.172. The highest BCUT2D eigenvalue weighted by atomic mass is 16.7. The third-order valence-corrected chi connectivity index (χ3v) is 11.1. The number of hydrogen-bond acceptors (Lipinski definition) is 5. The van der Waals surface area contributed by atoms with E-state index in [0.29, 0.717) is 43.1 Å². The molecule has 3 heterocycles. The lowest BCUT2D eigenvalue weighted by Crippen LogP contribution is -2.63. The van der Waals surface area contributed by atoms with Gasteiger partial charge >= 0.3 is 5.63 Å². The van der Waals surface area contributed by atoms with Crippen LogP contribution in [0.1, 0.15) is 83.1 Å². The van der Waals surface area contributed by atoms with Crippen LogP contribution >= 0.6 is 0 Å². The van der Waals surface area contributed by atoms with Gasteiger partial charge in [-0.25, -0.2) is 4.79 Å². The fourth-order valence-electron chi connectivity index (χ4n) is 9.16. The van der Waals surface area contributed by atoms with Crippen LogP contribution in [-0.4, -0.2) is 24.6 Å². The summed E-state index contributed by atoms with van der Waals surface area (Å²) in [6.45, 7) is 14.9. The summed E-state index contributed by atoms with van der Waals surface area (Å²) in [5.41, 5.74) is 2.38. The number of ether oxygens (including phenoxy) is 3. The molecule has 0 aromatic carbocycles. The van der Waals surface area contributed by atoms with Crippen molar-refractivity contribution >= 4 is 0 Å². The summed E-state index contributed by atoms with van der Waals surface area (Å²) in [6, 6.07) is 0. The largest absolute Gasteiger partial charge is 0.481 e. The maximum absolute atomic E-state index is 12.9. The lowest BCUT2D eigenvalue weighted by atomic mass is 9.42. The second-order valence-corrected chi connectivity index (χ2v) is 12.5. The Hall–Kier alpha value is -1.59. The molecule has 186 valence electrons. The second kappa shape index (κ2) is 7.22. The van der Waals surface area contributed by atoms with Crippen LogP contribution in [0.5, 0.6) is 5.75 Å². The van der Waals surface area contributed by atoms with Crippen molar-refractivity contribution in [3.05, 3.63) is 39.0 Å². The fraction of sp³-hybridized carbons (Fsp3) is 0.759. The summed E-state index contributed by atoms with van der Waals surface area (Å²) < 4.78 is 25.1. The molecule has 0 radical (unpaired) electrons. The highest BCUT2D eigenvalue weighted by molar-refractivity contribution is 5.49. The first-order valence-electron chi connectivity index (χ1n) is 13.3. The van der Waals surface area contributed by atoms with Crippen molar-refractivity contribution in [2.24, 2.45) is 28.6 Å². The van der Waals surface area contributed by atoms with Crippen LogP contribution in [-0.2, 0) is 15.9 Å². The maximum Gasteiger partial charge on any atom is 0.343 e. The normalized spacial score (nSPS) is 42.5. The standard InChI is InChI=1S/C29H40O5/c1-17-15-28(31-13-14-32-28)12-11-26(5)22(17)9-10-27(6)23(26)8-7-18(2)29(27)16-21-24(34-29)19(3)20(4)33-25(21)30/h7,17,22-23H,8-16H2,1-6H3/t17-,22-,23+,26-,27+,29-/m0/s1. The van der Waals surface area contributed by atoms with Crippen molar-refractivity contribution in [2.75, 3.05) is 13.2 Å². The van der Waals surface area contributed by atoms with Crippen molar-refractivity contribution in [3.63, 3.8) is 0 Å². The van der Waals surface area contributed by atoms with Gasteiger partial charge in [0.25, 0.3) is 0 Å². The molecule has 6 rings (SSSR count). The highest BCUT2D eigenvalue weighted by Gasteiger charge is 2.67. The monoisotopic (exact) mass is 468 g/mol. The van der Waals surface area contributed by atoms with E-state index in [1.807, 2.05) is 13.8 Å². The Kier molecular flexibility index (Phi) is 4.85. The van der Waals surface area contributed by atoms with Crippen LogP contribution < -0.4 is 10.4 Å². The Balaban J connectivity index is 1.44. The van der Waals surface area contributed by atoms with Gasteiger partial charge in [0.15, 0.2) is 5.79 Å². The molecule has 0 N–H and O–H groups in total. The Morgan fingerprint density at radius 2 is 1.76 bits per heavy atom. The van der Waals surface area contributed by atoms with E-state index in [0.717, 1.165) is 49.0 Å². The molecule has 1 saturated heterocycles. The number of aryl methyl sites for hydroxylation is 1. The van der Waals surface area contributed by atoms with Gasteiger partial charge in [-0.2, -0.15) is 0 Å². The topological polar surface area (TPSA) is 57.9 Å². The minimum Gasteiger partial charge on any atom is -0.481 e. The molecule has 2 aliphatic heterocycles. The quantitative estimate of drug-likeness (QED) is 0.445. The van der Waals surface area contributed by atoms with Gasteiger partial charge in [0.05, 0.1) is 18.8 Å². The average Bonchev–Trinajstić information content (AvgIpc) is 3.39. The third-order valence-electron chi connectivity index (χ3n) is 11.1. The molecule has 0 bridgehead atoms. The third kappa shape index (κ3) is 2.77. The molecule has 2 saturated carbocycles. The second-order valence-electron chi connectivity index (χ2n) is 12.5. The Morgan fingerprint density at radius 3 is 2.50 bits per heavy atom. The van der Waals surface area contributed by atoms with Gasteiger partial charge in [0.2, 0.25) is 0 Å². The van der Waals surface area contributed by atoms with Crippen molar-refractivity contribution in [1.29, 1.82) is 0 Å². The summed E-state index contributed by atoms with van der Waals surface area (Å²) in [4.78, 5) is 12.9. The molecular weight excluding hydrogens is 428 g/mol. The first-order chi connectivity index (χ1) is 16.1. The van der Waals surface area contributed by atoms with E-state index in [1.54, 1.807) is 0 Å². The summed E-state index contributed by atoms with van der Waals surface area (Å²) in [7, 11) is 0. The van der Waals surface area contributed by atoms with E-state index >= 15 is 0 Å². The summed E-state index contributed by atoms with van der Waals surface area (Å²) in [5, 5.41) is 0. The minimum atomic E-state index is -0.479. The van der Waals surface area contributed by atoms with Crippen LogP contribution in [0.25, 0.3) is 0 Å². The molecule has 6 atom stereocenters. The van der Waals surface area contributed by atoms with Gasteiger partial charge in [0, 0.05) is 30.2 Å². The van der Waals surface area contributed by atoms with Crippen LogP contribution in [0.4, 0.5) is 0 Å². The molecule has 1 aromatic heterocycles. The zero-order chi connectivity index (χ0) is 24.1. The Labute approximate surface area is 203 Å². The molecule has 34 heavy (non-hydrogen) atoms.